The maximum atomic E-state index is 10.6. The monoisotopic (exact) mass is 314 g/mol. The van der Waals surface area contributed by atoms with E-state index < -0.39 is 11.8 Å². The summed E-state index contributed by atoms with van der Waals surface area (Å²) in [6, 6.07) is 0. The summed E-state index contributed by atoms with van der Waals surface area (Å²) in [5.74, 6) is -1.48. The third kappa shape index (κ3) is 3.70. The van der Waals surface area contributed by atoms with E-state index in [-0.39, 0.29) is 18.6 Å². The Bertz CT molecular complexity index is 217. The fourth-order valence-corrected chi connectivity index (χ4v) is 2.17. The first-order valence-electron chi connectivity index (χ1n) is 4.56. The van der Waals surface area contributed by atoms with Crippen molar-refractivity contribution in [3.05, 3.63) is 0 Å². The second-order valence-corrected chi connectivity index (χ2v) is 4.75. The van der Waals surface area contributed by atoms with Crippen LogP contribution >= 0.6 is 22.6 Å². The molecule has 4 nitrogen and oxygen atoms in total. The first-order chi connectivity index (χ1) is 6.43. The normalized spacial score (nSPS) is 31.4. The minimum atomic E-state index is -0.820. The molecule has 1 heterocycles. The van der Waals surface area contributed by atoms with Crippen LogP contribution in [-0.2, 0) is 14.3 Å². The molecule has 0 unspecified atom stereocenters. The molecule has 14 heavy (non-hydrogen) atoms. The Labute approximate surface area is 97.1 Å². The van der Waals surface area contributed by atoms with E-state index in [0.29, 0.717) is 6.42 Å². The number of ether oxygens (including phenoxy) is 2. The number of aliphatic carboxylic acids is 1. The van der Waals surface area contributed by atoms with Crippen LogP contribution < -0.4 is 0 Å². The summed E-state index contributed by atoms with van der Waals surface area (Å²) in [4.78, 5) is 10.6. The second-order valence-electron chi connectivity index (χ2n) is 3.87. The average molecular weight is 314 g/mol. The lowest BCUT2D eigenvalue weighted by atomic mass is 10.1. The highest BCUT2D eigenvalue weighted by Gasteiger charge is 2.35. The molecule has 2 atom stereocenters. The van der Waals surface area contributed by atoms with E-state index in [2.05, 4.69) is 22.6 Å². The van der Waals surface area contributed by atoms with Crippen molar-refractivity contribution in [2.75, 3.05) is 4.43 Å². The second kappa shape index (κ2) is 4.76. The van der Waals surface area contributed by atoms with Gasteiger partial charge in [0.05, 0.1) is 18.6 Å². The Hall–Kier alpha value is 0.120. The summed E-state index contributed by atoms with van der Waals surface area (Å²) >= 11 is 2.24. The van der Waals surface area contributed by atoms with Crippen molar-refractivity contribution in [2.24, 2.45) is 0 Å². The number of rotatable bonds is 3. The Kier molecular flexibility index (Phi) is 4.15. The van der Waals surface area contributed by atoms with Gasteiger partial charge < -0.3 is 14.6 Å². The zero-order chi connectivity index (χ0) is 10.8. The topological polar surface area (TPSA) is 55.8 Å². The summed E-state index contributed by atoms with van der Waals surface area (Å²) in [6.45, 7) is 3.64. The van der Waals surface area contributed by atoms with Gasteiger partial charge in [-0.25, -0.2) is 0 Å². The Morgan fingerprint density at radius 1 is 1.50 bits per heavy atom. The van der Waals surface area contributed by atoms with Crippen LogP contribution in [0.15, 0.2) is 0 Å². The third-order valence-electron chi connectivity index (χ3n) is 2.00. The molecule has 0 spiro atoms. The maximum Gasteiger partial charge on any atom is 0.305 e. The molecular formula is C9H15IO4. The van der Waals surface area contributed by atoms with Gasteiger partial charge in [0.15, 0.2) is 5.79 Å². The number of hydrogen-bond acceptors (Lipinski definition) is 3. The fourth-order valence-electron chi connectivity index (χ4n) is 1.63. The quantitative estimate of drug-likeness (QED) is 0.638. The van der Waals surface area contributed by atoms with Crippen molar-refractivity contribution in [1.29, 1.82) is 0 Å². The van der Waals surface area contributed by atoms with Gasteiger partial charge in [0.1, 0.15) is 0 Å². The third-order valence-corrected chi connectivity index (χ3v) is 2.98. The standard InChI is InChI=1S/C9H15IO4/c1-9(2)13-6(4-8(11)12)3-7(5-10)14-9/h6-7H,3-5H2,1-2H3,(H,11,12)/t6-,7+/m1/s1. The largest absolute Gasteiger partial charge is 0.481 e. The summed E-state index contributed by atoms with van der Waals surface area (Å²) < 4.78 is 12.0. The number of carboxylic acid groups (broad SMARTS) is 1. The van der Waals surface area contributed by atoms with Gasteiger partial charge in [-0.3, -0.25) is 4.79 Å². The van der Waals surface area contributed by atoms with Gasteiger partial charge in [0, 0.05) is 10.8 Å². The van der Waals surface area contributed by atoms with Crippen LogP contribution in [-0.4, -0.2) is 33.5 Å². The molecule has 1 aliphatic rings. The first kappa shape index (κ1) is 12.2. The van der Waals surface area contributed by atoms with E-state index in [1.54, 1.807) is 0 Å². The van der Waals surface area contributed by atoms with Crippen molar-refractivity contribution in [3.63, 3.8) is 0 Å². The van der Waals surface area contributed by atoms with Gasteiger partial charge in [-0.15, -0.1) is 0 Å². The molecule has 0 aliphatic carbocycles. The van der Waals surface area contributed by atoms with Gasteiger partial charge in [0.2, 0.25) is 0 Å². The molecule has 1 saturated heterocycles. The van der Waals surface area contributed by atoms with Gasteiger partial charge in [0.25, 0.3) is 0 Å². The highest BCUT2D eigenvalue weighted by atomic mass is 127. The molecule has 82 valence electrons. The fraction of sp³-hybridized carbons (Fsp3) is 0.889. The predicted octanol–water partition coefficient (Wildman–Crippen LogP) is 1.81. The molecule has 0 saturated carbocycles. The maximum absolute atomic E-state index is 10.6. The molecule has 0 amide bonds. The number of halogens is 1. The molecule has 0 bridgehead atoms. The van der Waals surface area contributed by atoms with E-state index in [1.807, 2.05) is 13.8 Å². The van der Waals surface area contributed by atoms with E-state index in [9.17, 15) is 4.79 Å². The molecule has 1 aliphatic heterocycles. The zero-order valence-corrected chi connectivity index (χ0v) is 10.5. The molecule has 5 heteroatoms. The van der Waals surface area contributed by atoms with E-state index in [0.717, 1.165) is 4.43 Å². The van der Waals surface area contributed by atoms with E-state index >= 15 is 0 Å². The molecule has 0 aromatic rings. The molecule has 0 aromatic heterocycles. The Balaban J connectivity index is 2.56. The van der Waals surface area contributed by atoms with Crippen LogP contribution in [0.2, 0.25) is 0 Å². The Morgan fingerprint density at radius 2 is 2.07 bits per heavy atom. The number of hydrogen-bond donors (Lipinski definition) is 1. The van der Waals surface area contributed by atoms with Gasteiger partial charge in [-0.05, 0) is 13.8 Å². The van der Waals surface area contributed by atoms with Crippen LogP contribution in [0.25, 0.3) is 0 Å². The van der Waals surface area contributed by atoms with Crippen molar-refractivity contribution >= 4 is 28.6 Å². The van der Waals surface area contributed by atoms with Crippen molar-refractivity contribution < 1.29 is 19.4 Å². The minimum Gasteiger partial charge on any atom is -0.481 e. The molecular weight excluding hydrogens is 299 g/mol. The lowest BCUT2D eigenvalue weighted by Crippen LogP contribution is -2.45. The Morgan fingerprint density at radius 3 is 2.57 bits per heavy atom. The van der Waals surface area contributed by atoms with Crippen molar-refractivity contribution in [1.82, 2.24) is 0 Å². The van der Waals surface area contributed by atoms with Crippen LogP contribution in [0.4, 0.5) is 0 Å². The molecule has 1 N–H and O–H groups in total. The summed E-state index contributed by atoms with van der Waals surface area (Å²) in [5.41, 5.74) is 0. The van der Waals surface area contributed by atoms with Crippen LogP contribution in [0.5, 0.6) is 0 Å². The highest BCUT2D eigenvalue weighted by molar-refractivity contribution is 14.1. The molecule has 1 fully saturated rings. The highest BCUT2D eigenvalue weighted by Crippen LogP contribution is 2.28. The van der Waals surface area contributed by atoms with Gasteiger partial charge in [-0.2, -0.15) is 0 Å². The lowest BCUT2D eigenvalue weighted by molar-refractivity contribution is -0.294. The van der Waals surface area contributed by atoms with Crippen LogP contribution in [0.3, 0.4) is 0 Å². The number of carboxylic acids is 1. The first-order valence-corrected chi connectivity index (χ1v) is 6.09. The van der Waals surface area contributed by atoms with Crippen molar-refractivity contribution in [2.45, 2.75) is 44.7 Å². The summed E-state index contributed by atoms with van der Waals surface area (Å²) in [6.07, 6.45) is 0.596. The lowest BCUT2D eigenvalue weighted by Gasteiger charge is -2.39. The van der Waals surface area contributed by atoms with Gasteiger partial charge >= 0.3 is 5.97 Å². The predicted molar refractivity (Wildman–Crippen MR) is 59.6 cm³/mol. The zero-order valence-electron chi connectivity index (χ0n) is 8.33. The SMILES string of the molecule is CC1(C)O[C@H](CI)C[C@H](CC(=O)O)O1. The van der Waals surface area contributed by atoms with E-state index in [1.165, 1.54) is 0 Å². The van der Waals surface area contributed by atoms with E-state index in [4.69, 9.17) is 14.6 Å². The molecule has 0 aromatic carbocycles. The number of alkyl halides is 1. The molecule has 0 radical (unpaired) electrons. The molecule has 1 rings (SSSR count). The average Bonchev–Trinajstić information content (AvgIpc) is 1.99. The smallest absolute Gasteiger partial charge is 0.305 e. The number of carbonyl (C=O) groups is 1. The van der Waals surface area contributed by atoms with Crippen molar-refractivity contribution in [3.8, 4) is 0 Å². The summed E-state index contributed by atoms with van der Waals surface area (Å²) in [5, 5.41) is 8.67. The minimum absolute atomic E-state index is 0.0555. The van der Waals surface area contributed by atoms with Crippen LogP contribution in [0.1, 0.15) is 26.7 Å². The summed E-state index contributed by atoms with van der Waals surface area (Å²) in [7, 11) is 0. The van der Waals surface area contributed by atoms with Crippen LogP contribution in [0, 0.1) is 0 Å². The van der Waals surface area contributed by atoms with Gasteiger partial charge in [-0.1, -0.05) is 22.6 Å².